The van der Waals surface area contributed by atoms with Crippen molar-refractivity contribution in [3.63, 3.8) is 0 Å². The standard InChI is InChI=1S/C15H20BN5O2/c1-23-15(22)13-7-12(8-16(13)10-17)14(18)20-21(19)9-11-5-3-2-4-6-11/h2-6,12-13H,7-9,19H2,1H3,(H2,18,20)/t12-,13?/m1/s1. The number of hydrogen-bond donors (Lipinski definition) is 2. The lowest BCUT2D eigenvalue weighted by atomic mass is 9.44. The summed E-state index contributed by atoms with van der Waals surface area (Å²) in [6, 6.07) is 9.66. The summed E-state index contributed by atoms with van der Waals surface area (Å²) in [4.78, 5) is 11.7. The fourth-order valence-electron chi connectivity index (χ4n) is 2.87. The molecule has 0 aliphatic carbocycles. The van der Waals surface area contributed by atoms with E-state index in [1.807, 2.05) is 30.3 Å². The number of nitrogens with two attached hydrogens (primary N) is 2. The van der Waals surface area contributed by atoms with E-state index in [2.05, 4.69) is 11.1 Å². The SMILES string of the molecule is COC(=O)C1C[C@@H](/C(N)=N/N(N)Cc2ccccc2)CB1C#N. The first kappa shape index (κ1) is 16.8. The third kappa shape index (κ3) is 4.23. The molecule has 1 saturated heterocycles. The average molecular weight is 313 g/mol. The lowest BCUT2D eigenvalue weighted by Crippen LogP contribution is -2.31. The first-order valence-electron chi connectivity index (χ1n) is 7.42. The van der Waals surface area contributed by atoms with Crippen LogP contribution in [0.25, 0.3) is 0 Å². The van der Waals surface area contributed by atoms with Gasteiger partial charge in [0.1, 0.15) is 5.84 Å². The summed E-state index contributed by atoms with van der Waals surface area (Å²) in [7, 11) is 1.32. The van der Waals surface area contributed by atoms with E-state index in [4.69, 9.17) is 16.3 Å². The molecule has 0 spiro atoms. The number of hydrogen-bond acceptors (Lipinski definition) is 6. The largest absolute Gasteiger partial charge is 0.469 e. The Kier molecular flexibility index (Phi) is 5.60. The van der Waals surface area contributed by atoms with Gasteiger partial charge in [-0.1, -0.05) is 30.3 Å². The number of rotatable bonds is 5. The van der Waals surface area contributed by atoms with Crippen molar-refractivity contribution in [2.24, 2.45) is 22.6 Å². The van der Waals surface area contributed by atoms with Crippen LogP contribution in [-0.2, 0) is 16.1 Å². The van der Waals surface area contributed by atoms with E-state index >= 15 is 0 Å². The molecule has 0 bridgehead atoms. The molecule has 1 heterocycles. The Morgan fingerprint density at radius 3 is 2.83 bits per heavy atom. The van der Waals surface area contributed by atoms with Gasteiger partial charge in [0.05, 0.1) is 19.5 Å². The van der Waals surface area contributed by atoms with E-state index in [9.17, 15) is 10.1 Å². The van der Waals surface area contributed by atoms with Gasteiger partial charge in [0.25, 0.3) is 6.71 Å². The highest BCUT2D eigenvalue weighted by Gasteiger charge is 2.44. The quantitative estimate of drug-likeness (QED) is 0.207. The number of amidine groups is 1. The molecular weight excluding hydrogens is 293 g/mol. The third-order valence-corrected chi connectivity index (χ3v) is 4.08. The van der Waals surface area contributed by atoms with E-state index < -0.39 is 12.5 Å². The van der Waals surface area contributed by atoms with Crippen molar-refractivity contribution in [1.29, 1.82) is 5.26 Å². The summed E-state index contributed by atoms with van der Waals surface area (Å²) in [6.07, 6.45) is 0.949. The first-order chi connectivity index (χ1) is 11.0. The minimum atomic E-state index is -0.455. The molecule has 1 fully saturated rings. The lowest BCUT2D eigenvalue weighted by Gasteiger charge is -2.16. The number of carbonyl (C=O) groups excluding carboxylic acids is 1. The molecule has 4 N–H and O–H groups in total. The number of hydrazone groups is 1. The highest BCUT2D eigenvalue weighted by molar-refractivity contribution is 6.72. The Morgan fingerprint density at radius 1 is 1.52 bits per heavy atom. The second-order valence-corrected chi connectivity index (χ2v) is 5.64. The van der Waals surface area contributed by atoms with Crippen molar-refractivity contribution < 1.29 is 9.53 Å². The van der Waals surface area contributed by atoms with Crippen molar-refractivity contribution in [3.8, 4) is 5.97 Å². The minimum absolute atomic E-state index is 0.148. The van der Waals surface area contributed by atoms with Crippen molar-refractivity contribution in [1.82, 2.24) is 5.12 Å². The van der Waals surface area contributed by atoms with Crippen LogP contribution in [0.15, 0.2) is 35.4 Å². The van der Waals surface area contributed by atoms with Gasteiger partial charge in [0, 0.05) is 11.9 Å². The number of ether oxygens (including phenoxy) is 1. The molecular formula is C15H20BN5O2. The van der Waals surface area contributed by atoms with E-state index in [1.54, 1.807) is 0 Å². The fourth-order valence-corrected chi connectivity index (χ4v) is 2.87. The molecule has 1 aliphatic heterocycles. The number of nitrogens with zero attached hydrogens (tertiary/aromatic N) is 3. The first-order valence-corrected chi connectivity index (χ1v) is 7.42. The van der Waals surface area contributed by atoms with Crippen LogP contribution in [0.1, 0.15) is 12.0 Å². The maximum absolute atomic E-state index is 11.7. The second-order valence-electron chi connectivity index (χ2n) is 5.64. The molecule has 7 nitrogen and oxygen atoms in total. The smallest absolute Gasteiger partial charge is 0.302 e. The van der Waals surface area contributed by atoms with Gasteiger partial charge in [0.2, 0.25) is 0 Å². The van der Waals surface area contributed by atoms with Gasteiger partial charge >= 0.3 is 5.97 Å². The number of esters is 1. The molecule has 1 unspecified atom stereocenters. The van der Waals surface area contributed by atoms with E-state index in [1.165, 1.54) is 12.2 Å². The molecule has 0 saturated carbocycles. The Morgan fingerprint density at radius 2 is 2.22 bits per heavy atom. The highest BCUT2D eigenvalue weighted by atomic mass is 16.5. The predicted molar refractivity (Wildman–Crippen MR) is 87.8 cm³/mol. The van der Waals surface area contributed by atoms with Gasteiger partial charge in [0.15, 0.2) is 0 Å². The number of hydrazine groups is 1. The van der Waals surface area contributed by atoms with Crippen LogP contribution in [0.4, 0.5) is 0 Å². The molecule has 23 heavy (non-hydrogen) atoms. The van der Waals surface area contributed by atoms with Gasteiger partial charge in [-0.2, -0.15) is 0 Å². The Bertz CT molecular complexity index is 616. The molecule has 1 aromatic rings. The highest BCUT2D eigenvalue weighted by Crippen LogP contribution is 2.36. The van der Waals surface area contributed by atoms with E-state index in [-0.39, 0.29) is 11.9 Å². The number of carbonyl (C=O) groups is 1. The number of methoxy groups -OCH3 is 1. The summed E-state index contributed by atoms with van der Waals surface area (Å²) < 4.78 is 4.75. The van der Waals surface area contributed by atoms with Crippen molar-refractivity contribution in [2.45, 2.75) is 25.1 Å². The normalized spacial score (nSPS) is 20.9. The zero-order valence-electron chi connectivity index (χ0n) is 13.1. The van der Waals surface area contributed by atoms with Crippen LogP contribution in [-0.4, -0.2) is 30.7 Å². The van der Waals surface area contributed by atoms with Crippen LogP contribution in [0.5, 0.6) is 0 Å². The van der Waals surface area contributed by atoms with Gasteiger partial charge in [-0.25, -0.2) is 16.2 Å². The van der Waals surface area contributed by atoms with E-state index in [0.29, 0.717) is 25.1 Å². The summed E-state index contributed by atoms with van der Waals surface area (Å²) in [5, 5.41) is 14.6. The van der Waals surface area contributed by atoms with E-state index in [0.717, 1.165) is 5.56 Å². The van der Waals surface area contributed by atoms with Crippen molar-refractivity contribution in [3.05, 3.63) is 35.9 Å². The minimum Gasteiger partial charge on any atom is -0.469 e. The monoisotopic (exact) mass is 313 g/mol. The van der Waals surface area contributed by atoms with Gasteiger partial charge in [-0.15, -0.1) is 5.10 Å². The zero-order chi connectivity index (χ0) is 16.8. The maximum Gasteiger partial charge on any atom is 0.302 e. The molecule has 1 aliphatic rings. The molecule has 2 rings (SSSR count). The Labute approximate surface area is 135 Å². The Balaban J connectivity index is 2.01. The molecule has 0 amide bonds. The third-order valence-electron chi connectivity index (χ3n) is 4.08. The van der Waals surface area contributed by atoms with Crippen LogP contribution in [0.2, 0.25) is 12.1 Å². The maximum atomic E-state index is 11.7. The zero-order valence-corrected chi connectivity index (χ0v) is 13.1. The van der Waals surface area contributed by atoms with Crippen LogP contribution >= 0.6 is 0 Å². The average Bonchev–Trinajstić information content (AvgIpc) is 2.99. The summed E-state index contributed by atoms with van der Waals surface area (Å²) in [5.74, 6) is 7.39. The van der Waals surface area contributed by atoms with Crippen molar-refractivity contribution in [2.75, 3.05) is 7.11 Å². The summed E-state index contributed by atoms with van der Waals surface area (Å²) in [6.45, 7) is 0.0256. The second kappa shape index (κ2) is 7.65. The van der Waals surface area contributed by atoms with Crippen LogP contribution < -0.4 is 11.6 Å². The van der Waals surface area contributed by atoms with Gasteiger partial charge < -0.3 is 10.5 Å². The molecule has 8 heteroatoms. The predicted octanol–water partition coefficient (Wildman–Crippen LogP) is 0.755. The molecule has 120 valence electrons. The molecule has 2 atom stereocenters. The van der Waals surface area contributed by atoms with Crippen LogP contribution in [0, 0.1) is 17.1 Å². The molecule has 1 aromatic carbocycles. The van der Waals surface area contributed by atoms with Gasteiger partial charge in [-0.05, 0) is 18.3 Å². The fraction of sp³-hybridized carbons (Fsp3) is 0.400. The molecule has 0 radical (unpaired) electrons. The number of nitriles is 1. The summed E-state index contributed by atoms with van der Waals surface area (Å²) in [5.41, 5.74) is 7.04. The molecule has 0 aromatic heterocycles. The summed E-state index contributed by atoms with van der Waals surface area (Å²) >= 11 is 0. The van der Waals surface area contributed by atoms with Gasteiger partial charge in [-0.3, -0.25) is 4.79 Å². The topological polar surface area (TPSA) is 118 Å². The Hall–Kier alpha value is -2.53. The van der Waals surface area contributed by atoms with Crippen LogP contribution in [0.3, 0.4) is 0 Å². The number of benzene rings is 1. The lowest BCUT2D eigenvalue weighted by molar-refractivity contribution is -0.140. The van der Waals surface area contributed by atoms with Crippen molar-refractivity contribution >= 4 is 18.5 Å².